The van der Waals surface area contributed by atoms with Crippen LogP contribution in [0.3, 0.4) is 0 Å². The Morgan fingerprint density at radius 1 is 1.25 bits per heavy atom. The molecule has 1 aromatic rings. The van der Waals surface area contributed by atoms with E-state index in [1.165, 1.54) is 31.4 Å². The molecule has 3 atom stereocenters. The highest BCUT2D eigenvalue weighted by molar-refractivity contribution is 7.99. The second-order valence-corrected chi connectivity index (χ2v) is 7.31. The third-order valence-corrected chi connectivity index (χ3v) is 5.69. The number of rotatable bonds is 3. The molecule has 2 saturated heterocycles. The van der Waals surface area contributed by atoms with E-state index in [-0.39, 0.29) is 0 Å². The molecular weight excluding hydrogens is 268 g/mol. The molecule has 1 aromatic heterocycles. The van der Waals surface area contributed by atoms with E-state index < -0.39 is 0 Å². The fourth-order valence-electron chi connectivity index (χ4n) is 3.19. The van der Waals surface area contributed by atoms with Crippen LogP contribution < -0.4 is 10.2 Å². The Morgan fingerprint density at radius 2 is 2.10 bits per heavy atom. The number of aromatic nitrogens is 2. The van der Waals surface area contributed by atoms with E-state index in [0.717, 1.165) is 24.3 Å². The summed E-state index contributed by atoms with van der Waals surface area (Å²) >= 11 is 2.11. The molecule has 20 heavy (non-hydrogen) atoms. The van der Waals surface area contributed by atoms with E-state index in [2.05, 4.69) is 38.9 Å². The number of anilines is 1. The zero-order chi connectivity index (χ0) is 13.8. The van der Waals surface area contributed by atoms with Crippen molar-refractivity contribution in [2.45, 2.75) is 49.9 Å². The Labute approximate surface area is 125 Å². The van der Waals surface area contributed by atoms with Crippen molar-refractivity contribution in [3.8, 4) is 0 Å². The molecule has 1 N–H and O–H groups in total. The first kappa shape index (κ1) is 14.1. The van der Waals surface area contributed by atoms with Gasteiger partial charge in [-0.15, -0.1) is 0 Å². The lowest BCUT2D eigenvalue weighted by Gasteiger charge is -2.38. The number of thioether (sulfide) groups is 1. The minimum absolute atomic E-state index is 0.582. The van der Waals surface area contributed by atoms with Gasteiger partial charge in [0.2, 0.25) is 5.95 Å². The molecule has 0 aromatic carbocycles. The van der Waals surface area contributed by atoms with Crippen molar-refractivity contribution in [1.82, 2.24) is 15.3 Å². The van der Waals surface area contributed by atoms with Crippen LogP contribution in [0.15, 0.2) is 18.5 Å². The van der Waals surface area contributed by atoms with Crippen molar-refractivity contribution >= 4 is 17.7 Å². The van der Waals surface area contributed by atoms with E-state index in [0.29, 0.717) is 12.1 Å². The molecule has 2 aliphatic heterocycles. The summed E-state index contributed by atoms with van der Waals surface area (Å²) in [5, 5.41) is 4.63. The van der Waals surface area contributed by atoms with E-state index in [1.54, 1.807) is 0 Å². The quantitative estimate of drug-likeness (QED) is 0.926. The van der Waals surface area contributed by atoms with Gasteiger partial charge in [0.25, 0.3) is 0 Å². The minimum Gasteiger partial charge on any atom is -0.339 e. The average molecular weight is 292 g/mol. The Hall–Kier alpha value is -0.810. The van der Waals surface area contributed by atoms with E-state index >= 15 is 0 Å². The summed E-state index contributed by atoms with van der Waals surface area (Å²) in [5.74, 6) is 2.21. The second-order valence-electron chi connectivity index (χ2n) is 5.83. The number of hydrogen-bond acceptors (Lipinski definition) is 5. The van der Waals surface area contributed by atoms with Gasteiger partial charge in [-0.25, -0.2) is 9.97 Å². The number of piperidine rings is 1. The van der Waals surface area contributed by atoms with E-state index in [4.69, 9.17) is 0 Å². The van der Waals surface area contributed by atoms with Gasteiger partial charge in [0.1, 0.15) is 0 Å². The molecular formula is C15H24N4S. The molecule has 3 unspecified atom stereocenters. The van der Waals surface area contributed by atoms with Crippen molar-refractivity contribution in [2.24, 2.45) is 0 Å². The topological polar surface area (TPSA) is 41.0 Å². The summed E-state index contributed by atoms with van der Waals surface area (Å²) in [6, 6.07) is 3.14. The third kappa shape index (κ3) is 3.44. The number of nitrogens with zero attached hydrogens (tertiary/aromatic N) is 3. The fraction of sp³-hybridized carbons (Fsp3) is 0.733. The van der Waals surface area contributed by atoms with Crippen LogP contribution in [-0.2, 0) is 0 Å². The lowest BCUT2D eigenvalue weighted by Crippen LogP contribution is -2.52. The van der Waals surface area contributed by atoms with Gasteiger partial charge in [0.05, 0.1) is 0 Å². The molecule has 2 fully saturated rings. The summed E-state index contributed by atoms with van der Waals surface area (Å²) in [6.45, 7) is 4.48. The van der Waals surface area contributed by atoms with Gasteiger partial charge >= 0.3 is 0 Å². The molecule has 5 heteroatoms. The monoisotopic (exact) mass is 292 g/mol. The molecule has 0 aliphatic carbocycles. The summed E-state index contributed by atoms with van der Waals surface area (Å²) in [6.07, 6.45) is 8.84. The van der Waals surface area contributed by atoms with Crippen LogP contribution in [0.2, 0.25) is 0 Å². The Kier molecular flexibility index (Phi) is 4.78. The van der Waals surface area contributed by atoms with Gasteiger partial charge in [-0.05, 0) is 37.5 Å². The van der Waals surface area contributed by atoms with Crippen molar-refractivity contribution in [1.29, 1.82) is 0 Å². The smallest absolute Gasteiger partial charge is 0.225 e. The molecule has 0 bridgehead atoms. The molecule has 0 saturated carbocycles. The second kappa shape index (κ2) is 6.76. The van der Waals surface area contributed by atoms with Gasteiger partial charge in [-0.1, -0.05) is 6.92 Å². The predicted octanol–water partition coefficient (Wildman–Crippen LogP) is 2.32. The van der Waals surface area contributed by atoms with Crippen LogP contribution in [0.1, 0.15) is 32.6 Å². The molecule has 4 nitrogen and oxygen atoms in total. The van der Waals surface area contributed by atoms with Crippen LogP contribution in [0.5, 0.6) is 0 Å². The zero-order valence-electron chi connectivity index (χ0n) is 12.2. The van der Waals surface area contributed by atoms with Crippen LogP contribution in [0.4, 0.5) is 5.95 Å². The predicted molar refractivity (Wildman–Crippen MR) is 85.3 cm³/mol. The molecule has 2 aliphatic rings. The highest BCUT2D eigenvalue weighted by Crippen LogP contribution is 2.26. The molecule has 0 amide bonds. The molecule has 3 heterocycles. The summed E-state index contributed by atoms with van der Waals surface area (Å²) in [7, 11) is 0. The molecule has 110 valence electrons. The first-order valence-corrected chi connectivity index (χ1v) is 8.77. The van der Waals surface area contributed by atoms with Crippen molar-refractivity contribution in [3.05, 3.63) is 18.5 Å². The van der Waals surface area contributed by atoms with Crippen molar-refractivity contribution in [3.63, 3.8) is 0 Å². The van der Waals surface area contributed by atoms with Gasteiger partial charge in [0, 0.05) is 42.8 Å². The van der Waals surface area contributed by atoms with Gasteiger partial charge < -0.3 is 10.2 Å². The van der Waals surface area contributed by atoms with Crippen molar-refractivity contribution in [2.75, 3.05) is 23.7 Å². The minimum atomic E-state index is 0.582. The molecule has 0 spiro atoms. The van der Waals surface area contributed by atoms with Crippen molar-refractivity contribution < 1.29 is 0 Å². The van der Waals surface area contributed by atoms with Gasteiger partial charge in [0.15, 0.2) is 0 Å². The normalized spacial score (nSPS) is 31.2. The lowest BCUT2D eigenvalue weighted by atomic mass is 10.0. The summed E-state index contributed by atoms with van der Waals surface area (Å²) in [4.78, 5) is 11.1. The van der Waals surface area contributed by atoms with Crippen LogP contribution in [0.25, 0.3) is 0 Å². The largest absolute Gasteiger partial charge is 0.339 e. The van der Waals surface area contributed by atoms with Crippen LogP contribution in [0, 0.1) is 0 Å². The van der Waals surface area contributed by atoms with E-state index in [1.807, 2.05) is 18.5 Å². The summed E-state index contributed by atoms with van der Waals surface area (Å²) in [5.41, 5.74) is 0. The first-order valence-electron chi connectivity index (χ1n) is 7.72. The number of nitrogens with one attached hydrogen (secondary N) is 1. The van der Waals surface area contributed by atoms with Crippen LogP contribution >= 0.6 is 11.8 Å². The van der Waals surface area contributed by atoms with E-state index in [9.17, 15) is 0 Å². The SMILES string of the molecule is CC1SCCCC1NC1CCCN(c2ncccn2)C1. The highest BCUT2D eigenvalue weighted by Gasteiger charge is 2.27. The average Bonchev–Trinajstić information content (AvgIpc) is 2.51. The first-order chi connectivity index (χ1) is 9.83. The van der Waals surface area contributed by atoms with Crippen LogP contribution in [-0.4, -0.2) is 46.1 Å². The van der Waals surface area contributed by atoms with Gasteiger partial charge in [-0.2, -0.15) is 11.8 Å². The lowest BCUT2D eigenvalue weighted by molar-refractivity contribution is 0.352. The maximum absolute atomic E-state index is 4.38. The number of hydrogen-bond donors (Lipinski definition) is 1. The molecule has 0 radical (unpaired) electrons. The zero-order valence-corrected chi connectivity index (χ0v) is 13.0. The Morgan fingerprint density at radius 3 is 2.90 bits per heavy atom. The highest BCUT2D eigenvalue weighted by atomic mass is 32.2. The Bertz CT molecular complexity index is 414. The summed E-state index contributed by atoms with van der Waals surface area (Å²) < 4.78 is 0. The standard InChI is InChI=1S/C15H24N4S/c1-12-14(6-3-10-20-12)18-13-5-2-9-19(11-13)15-16-7-4-8-17-15/h4,7-8,12-14,18H,2-3,5-6,9-11H2,1H3. The third-order valence-electron chi connectivity index (χ3n) is 4.31. The molecule has 3 rings (SSSR count). The maximum Gasteiger partial charge on any atom is 0.225 e. The van der Waals surface area contributed by atoms with Gasteiger partial charge in [-0.3, -0.25) is 0 Å². The Balaban J connectivity index is 1.58. The fourth-order valence-corrected chi connectivity index (χ4v) is 4.35. The maximum atomic E-state index is 4.38.